The smallest absolute Gasteiger partial charge is 0.296 e. The average molecular weight is 484 g/mol. The van der Waals surface area contributed by atoms with Crippen molar-refractivity contribution in [2.45, 2.75) is 45.1 Å². The number of carbonyl (C=O) groups excluding carboxylic acids is 2. The highest BCUT2D eigenvalue weighted by molar-refractivity contribution is 6.76. The van der Waals surface area contributed by atoms with Crippen molar-refractivity contribution in [2.75, 3.05) is 19.9 Å². The summed E-state index contributed by atoms with van der Waals surface area (Å²) in [4.78, 5) is 34.5. The molecule has 4 rings (SSSR count). The van der Waals surface area contributed by atoms with Crippen molar-refractivity contribution in [3.63, 3.8) is 0 Å². The standard InChI is InChI=1S/C25H30FN3O4Si/c1-34(2,3)13-12-32-17-33-29-10-8-21-23-19(9-11-30)16-28(15-18-4-6-20(26)7-5-18)22(23)14-27-24(21)25(29)31/h4-7,11,14,16H,8-10,12-13,15,17H2,1-3H3. The molecular weight excluding hydrogens is 453 g/mol. The van der Waals surface area contributed by atoms with Crippen molar-refractivity contribution in [1.29, 1.82) is 0 Å². The van der Waals surface area contributed by atoms with Crippen LogP contribution in [0, 0.1) is 5.82 Å². The van der Waals surface area contributed by atoms with Gasteiger partial charge in [0.25, 0.3) is 5.91 Å². The molecule has 0 bridgehead atoms. The van der Waals surface area contributed by atoms with Gasteiger partial charge in [0.1, 0.15) is 17.8 Å². The molecule has 1 amide bonds. The number of benzene rings is 1. The molecule has 0 N–H and O–H groups in total. The van der Waals surface area contributed by atoms with Crippen LogP contribution in [-0.2, 0) is 33.8 Å². The van der Waals surface area contributed by atoms with Crippen LogP contribution in [0.5, 0.6) is 0 Å². The van der Waals surface area contributed by atoms with Crippen molar-refractivity contribution in [1.82, 2.24) is 14.6 Å². The van der Waals surface area contributed by atoms with Crippen LogP contribution in [0.1, 0.15) is 27.2 Å². The lowest BCUT2D eigenvalue weighted by atomic mass is 9.98. The number of rotatable bonds is 10. The van der Waals surface area contributed by atoms with Crippen molar-refractivity contribution >= 4 is 31.2 Å². The maximum atomic E-state index is 13.3. The van der Waals surface area contributed by atoms with E-state index in [1.54, 1.807) is 18.3 Å². The summed E-state index contributed by atoms with van der Waals surface area (Å²) in [7, 11) is -1.19. The normalized spacial score (nSPS) is 14.0. The molecule has 2 aromatic heterocycles. The van der Waals surface area contributed by atoms with E-state index in [2.05, 4.69) is 24.6 Å². The summed E-state index contributed by atoms with van der Waals surface area (Å²) in [5.74, 6) is -0.592. The van der Waals surface area contributed by atoms with Gasteiger partial charge in [-0.15, -0.1) is 0 Å². The summed E-state index contributed by atoms with van der Waals surface area (Å²) in [5, 5.41) is 2.20. The van der Waals surface area contributed by atoms with Gasteiger partial charge in [-0.05, 0) is 41.3 Å². The van der Waals surface area contributed by atoms with Crippen molar-refractivity contribution in [3.8, 4) is 0 Å². The minimum atomic E-state index is -1.19. The molecule has 0 saturated heterocycles. The van der Waals surface area contributed by atoms with E-state index < -0.39 is 8.07 Å². The highest BCUT2D eigenvalue weighted by Crippen LogP contribution is 2.31. The van der Waals surface area contributed by atoms with Gasteiger partial charge in [-0.2, -0.15) is 0 Å². The van der Waals surface area contributed by atoms with Gasteiger partial charge in [0.2, 0.25) is 0 Å². The molecule has 0 radical (unpaired) electrons. The SMILES string of the molecule is C[Si](C)(C)CCOCON1CCc2c(ncc3c2c(CC=O)cn3Cc2ccc(F)cc2)C1=O. The number of halogens is 1. The molecule has 180 valence electrons. The van der Waals surface area contributed by atoms with E-state index >= 15 is 0 Å². The molecule has 34 heavy (non-hydrogen) atoms. The van der Waals surface area contributed by atoms with Gasteiger partial charge < -0.3 is 14.1 Å². The molecule has 0 saturated carbocycles. The Bertz CT molecular complexity index is 1190. The molecule has 0 aliphatic carbocycles. The van der Waals surface area contributed by atoms with Crippen LogP contribution >= 0.6 is 0 Å². The number of amides is 1. The van der Waals surface area contributed by atoms with Gasteiger partial charge in [-0.3, -0.25) is 4.79 Å². The topological polar surface area (TPSA) is 73.7 Å². The Morgan fingerprint density at radius 3 is 2.68 bits per heavy atom. The number of aromatic nitrogens is 2. The van der Waals surface area contributed by atoms with Crippen molar-refractivity contribution < 1.29 is 23.6 Å². The fraction of sp³-hybridized carbons (Fsp3) is 0.400. The van der Waals surface area contributed by atoms with Crippen LogP contribution in [0.3, 0.4) is 0 Å². The van der Waals surface area contributed by atoms with E-state index in [0.29, 0.717) is 31.8 Å². The third kappa shape index (κ3) is 5.43. The number of nitrogens with zero attached hydrogens (tertiary/aromatic N) is 3. The minimum absolute atomic E-state index is 0.0260. The summed E-state index contributed by atoms with van der Waals surface area (Å²) >= 11 is 0. The molecule has 0 unspecified atom stereocenters. The Hall–Kier alpha value is -2.88. The summed E-state index contributed by atoms with van der Waals surface area (Å²) in [6, 6.07) is 7.35. The van der Waals surface area contributed by atoms with Crippen LogP contribution in [0.2, 0.25) is 25.7 Å². The zero-order chi connectivity index (χ0) is 24.3. The predicted molar refractivity (Wildman–Crippen MR) is 130 cm³/mol. The Kier molecular flexibility index (Phi) is 7.25. The summed E-state index contributed by atoms with van der Waals surface area (Å²) < 4.78 is 20.9. The Balaban J connectivity index is 1.55. The molecule has 0 atom stereocenters. The number of aldehydes is 1. The van der Waals surface area contributed by atoms with Crippen LogP contribution < -0.4 is 0 Å². The summed E-state index contributed by atoms with van der Waals surface area (Å²) in [6.45, 7) is 8.37. The van der Waals surface area contributed by atoms with Crippen LogP contribution in [0.15, 0.2) is 36.7 Å². The van der Waals surface area contributed by atoms with E-state index in [1.807, 2.05) is 10.8 Å². The molecule has 1 aliphatic heterocycles. The zero-order valence-corrected chi connectivity index (χ0v) is 20.8. The lowest BCUT2D eigenvalue weighted by molar-refractivity contribution is -0.195. The molecular formula is C25H30FN3O4Si. The van der Waals surface area contributed by atoms with E-state index in [1.165, 1.54) is 17.2 Å². The van der Waals surface area contributed by atoms with E-state index in [-0.39, 0.29) is 24.9 Å². The molecule has 1 aliphatic rings. The second-order valence-corrected chi connectivity index (χ2v) is 15.4. The lowest BCUT2D eigenvalue weighted by Gasteiger charge is -2.27. The number of hydrogen-bond donors (Lipinski definition) is 0. The Labute approximate surface area is 199 Å². The zero-order valence-electron chi connectivity index (χ0n) is 19.8. The quantitative estimate of drug-likeness (QED) is 0.187. The van der Waals surface area contributed by atoms with Crippen LogP contribution in [-0.4, -0.2) is 54.8 Å². The fourth-order valence-corrected chi connectivity index (χ4v) is 4.88. The van der Waals surface area contributed by atoms with Gasteiger partial charge >= 0.3 is 0 Å². The first kappa shape index (κ1) is 24.2. The fourth-order valence-electron chi connectivity index (χ4n) is 4.12. The van der Waals surface area contributed by atoms with Gasteiger partial charge in [0, 0.05) is 39.2 Å². The number of pyridine rings is 1. The largest absolute Gasteiger partial charge is 0.353 e. The number of hydrogen-bond acceptors (Lipinski definition) is 5. The first-order chi connectivity index (χ1) is 16.3. The van der Waals surface area contributed by atoms with Crippen molar-refractivity contribution in [3.05, 3.63) is 64.9 Å². The van der Waals surface area contributed by atoms with E-state index in [9.17, 15) is 14.0 Å². The number of fused-ring (bicyclic) bond motifs is 3. The van der Waals surface area contributed by atoms with Gasteiger partial charge in [0.05, 0.1) is 18.3 Å². The highest BCUT2D eigenvalue weighted by atomic mass is 28.3. The first-order valence-corrected chi connectivity index (χ1v) is 15.2. The van der Waals surface area contributed by atoms with Gasteiger partial charge in [0.15, 0.2) is 6.79 Å². The molecule has 3 heterocycles. The third-order valence-corrected chi connectivity index (χ3v) is 7.66. The van der Waals surface area contributed by atoms with E-state index in [4.69, 9.17) is 9.57 Å². The monoisotopic (exact) mass is 483 g/mol. The van der Waals surface area contributed by atoms with Crippen LogP contribution in [0.4, 0.5) is 4.39 Å². The van der Waals surface area contributed by atoms with Gasteiger partial charge in [-0.1, -0.05) is 31.8 Å². The average Bonchev–Trinajstić information content (AvgIpc) is 3.13. The number of carbonyl (C=O) groups is 2. The second-order valence-electron chi connectivity index (χ2n) is 9.75. The van der Waals surface area contributed by atoms with Gasteiger partial charge in [-0.25, -0.2) is 19.3 Å². The van der Waals surface area contributed by atoms with Crippen molar-refractivity contribution in [2.24, 2.45) is 0 Å². The summed E-state index contributed by atoms with van der Waals surface area (Å²) in [6.07, 6.45) is 5.25. The number of hydroxylamine groups is 2. The van der Waals surface area contributed by atoms with E-state index in [0.717, 1.165) is 39.9 Å². The molecule has 0 spiro atoms. The number of ether oxygens (including phenoxy) is 1. The highest BCUT2D eigenvalue weighted by Gasteiger charge is 2.30. The lowest BCUT2D eigenvalue weighted by Crippen LogP contribution is -2.39. The Morgan fingerprint density at radius 1 is 1.21 bits per heavy atom. The third-order valence-electron chi connectivity index (χ3n) is 5.95. The molecule has 9 heteroatoms. The molecule has 0 fully saturated rings. The predicted octanol–water partition coefficient (Wildman–Crippen LogP) is 4.21. The maximum absolute atomic E-state index is 13.3. The molecule has 7 nitrogen and oxygen atoms in total. The Morgan fingerprint density at radius 2 is 1.97 bits per heavy atom. The minimum Gasteiger partial charge on any atom is -0.353 e. The first-order valence-electron chi connectivity index (χ1n) is 11.5. The molecule has 3 aromatic rings. The molecule has 1 aromatic carbocycles. The maximum Gasteiger partial charge on any atom is 0.296 e. The van der Waals surface area contributed by atoms with Crippen LogP contribution in [0.25, 0.3) is 10.9 Å². The summed E-state index contributed by atoms with van der Waals surface area (Å²) in [5.41, 5.74) is 3.79. The second kappa shape index (κ2) is 10.2.